The first-order chi connectivity index (χ1) is 8.49. The maximum Gasteiger partial charge on any atom is 0.303 e. The molecule has 0 saturated heterocycles. The van der Waals surface area contributed by atoms with E-state index in [1.807, 2.05) is 0 Å². The fourth-order valence-corrected chi connectivity index (χ4v) is 1.35. The van der Waals surface area contributed by atoms with Crippen LogP contribution >= 0.6 is 0 Å². The number of benzene rings is 1. The number of amides is 1. The second-order valence-corrected chi connectivity index (χ2v) is 3.74. The van der Waals surface area contributed by atoms with Gasteiger partial charge in [-0.15, -0.1) is 0 Å². The zero-order valence-corrected chi connectivity index (χ0v) is 9.58. The Morgan fingerprint density at radius 2 is 1.89 bits per heavy atom. The number of carbonyl (C=O) groups excluding carboxylic acids is 1. The van der Waals surface area contributed by atoms with E-state index in [1.165, 1.54) is 6.07 Å². The number of nitrogens with one attached hydrogen (secondary N) is 1. The van der Waals surface area contributed by atoms with Crippen molar-refractivity contribution in [3.63, 3.8) is 0 Å². The molecule has 1 rings (SSSR count). The zero-order valence-electron chi connectivity index (χ0n) is 9.58. The first-order valence-corrected chi connectivity index (χ1v) is 5.41. The normalized spacial score (nSPS) is 10.1. The molecule has 4 nitrogen and oxygen atoms in total. The summed E-state index contributed by atoms with van der Waals surface area (Å²) in [6.45, 7) is 0.253. The first kappa shape index (κ1) is 14.1. The lowest BCUT2D eigenvalue weighted by atomic mass is 10.1. The van der Waals surface area contributed by atoms with Gasteiger partial charge in [0, 0.05) is 13.0 Å². The van der Waals surface area contributed by atoms with Crippen LogP contribution in [0.5, 0.6) is 0 Å². The molecular formula is C12H13F2NO3. The third-order valence-corrected chi connectivity index (χ3v) is 2.29. The molecule has 1 aromatic carbocycles. The lowest BCUT2D eigenvalue weighted by Gasteiger charge is -2.05. The van der Waals surface area contributed by atoms with E-state index in [-0.39, 0.29) is 25.3 Å². The molecule has 0 aliphatic rings. The van der Waals surface area contributed by atoms with Crippen LogP contribution in [0.4, 0.5) is 8.78 Å². The van der Waals surface area contributed by atoms with Crippen LogP contribution in [0.2, 0.25) is 0 Å². The van der Waals surface area contributed by atoms with Crippen molar-refractivity contribution >= 4 is 11.9 Å². The van der Waals surface area contributed by atoms with E-state index in [9.17, 15) is 18.4 Å². The van der Waals surface area contributed by atoms with Crippen molar-refractivity contribution < 1.29 is 23.5 Å². The van der Waals surface area contributed by atoms with Crippen LogP contribution in [-0.2, 0) is 16.0 Å². The van der Waals surface area contributed by atoms with Gasteiger partial charge in [0.05, 0.1) is 6.42 Å². The first-order valence-electron chi connectivity index (χ1n) is 5.41. The number of hydrogen-bond acceptors (Lipinski definition) is 2. The lowest BCUT2D eigenvalue weighted by molar-refractivity contribution is -0.138. The zero-order chi connectivity index (χ0) is 13.5. The van der Waals surface area contributed by atoms with Crippen LogP contribution in [0.15, 0.2) is 18.2 Å². The maximum atomic E-state index is 12.8. The molecule has 98 valence electrons. The Kier molecular flexibility index (Phi) is 5.23. The fraction of sp³-hybridized carbons (Fsp3) is 0.333. The molecule has 6 heteroatoms. The van der Waals surface area contributed by atoms with Gasteiger partial charge >= 0.3 is 5.97 Å². The molecule has 2 N–H and O–H groups in total. The largest absolute Gasteiger partial charge is 0.481 e. The Bertz CT molecular complexity index is 449. The second-order valence-electron chi connectivity index (χ2n) is 3.74. The molecule has 0 spiro atoms. The van der Waals surface area contributed by atoms with E-state index in [4.69, 9.17) is 5.11 Å². The highest BCUT2D eigenvalue weighted by molar-refractivity contribution is 5.80. The summed E-state index contributed by atoms with van der Waals surface area (Å²) >= 11 is 0. The molecule has 0 radical (unpaired) electrons. The molecular weight excluding hydrogens is 244 g/mol. The van der Waals surface area contributed by atoms with Gasteiger partial charge in [0.2, 0.25) is 5.91 Å². The lowest BCUT2D eigenvalue weighted by Crippen LogP contribution is -2.26. The van der Waals surface area contributed by atoms with Crippen LogP contribution in [0.1, 0.15) is 18.4 Å². The van der Waals surface area contributed by atoms with Crippen molar-refractivity contribution in [2.24, 2.45) is 0 Å². The number of aliphatic carboxylic acids is 1. The Morgan fingerprint density at radius 3 is 2.50 bits per heavy atom. The second kappa shape index (κ2) is 6.68. The summed E-state index contributed by atoms with van der Waals surface area (Å²) < 4.78 is 25.5. The summed E-state index contributed by atoms with van der Waals surface area (Å²) in [5.74, 6) is -3.25. The van der Waals surface area contributed by atoms with Gasteiger partial charge in [-0.05, 0) is 24.1 Å². The molecule has 0 unspecified atom stereocenters. The number of halogens is 2. The topological polar surface area (TPSA) is 66.4 Å². The fourth-order valence-electron chi connectivity index (χ4n) is 1.35. The van der Waals surface area contributed by atoms with Crippen LogP contribution in [0.25, 0.3) is 0 Å². The molecule has 0 bridgehead atoms. The van der Waals surface area contributed by atoms with E-state index in [2.05, 4.69) is 5.32 Å². The molecule has 0 saturated carbocycles. The minimum Gasteiger partial charge on any atom is -0.481 e. The van der Waals surface area contributed by atoms with E-state index < -0.39 is 17.6 Å². The summed E-state index contributed by atoms with van der Waals surface area (Å²) in [5, 5.41) is 10.9. The maximum absolute atomic E-state index is 12.8. The van der Waals surface area contributed by atoms with Crippen LogP contribution < -0.4 is 5.32 Å². The minimum atomic E-state index is -1.04. The molecule has 0 aliphatic heterocycles. The van der Waals surface area contributed by atoms with Crippen molar-refractivity contribution in [2.45, 2.75) is 19.3 Å². The predicted molar refractivity (Wildman–Crippen MR) is 59.9 cm³/mol. The third kappa shape index (κ3) is 4.90. The standard InChI is InChI=1S/C12H13F2NO3/c13-9-2-1-8(7-10(9)14)5-6-15-11(16)3-4-12(17)18/h1-2,7H,3-6H2,(H,15,16)(H,17,18). The minimum absolute atomic E-state index is 0.0902. The van der Waals surface area contributed by atoms with Gasteiger partial charge < -0.3 is 10.4 Å². The van der Waals surface area contributed by atoms with E-state index in [1.54, 1.807) is 0 Å². The molecule has 18 heavy (non-hydrogen) atoms. The van der Waals surface area contributed by atoms with Gasteiger partial charge in [-0.2, -0.15) is 0 Å². The van der Waals surface area contributed by atoms with Crippen molar-refractivity contribution in [1.29, 1.82) is 0 Å². The average Bonchev–Trinajstić information content (AvgIpc) is 2.31. The predicted octanol–water partition coefficient (Wildman–Crippen LogP) is 1.49. The van der Waals surface area contributed by atoms with Crippen molar-refractivity contribution in [3.8, 4) is 0 Å². The summed E-state index contributed by atoms with van der Waals surface area (Å²) in [7, 11) is 0. The van der Waals surface area contributed by atoms with Gasteiger partial charge in [-0.3, -0.25) is 9.59 Å². The summed E-state index contributed by atoms with van der Waals surface area (Å²) in [5.41, 5.74) is 0.562. The smallest absolute Gasteiger partial charge is 0.303 e. The number of rotatable bonds is 6. The van der Waals surface area contributed by atoms with Gasteiger partial charge in [0.15, 0.2) is 11.6 Å². The van der Waals surface area contributed by atoms with Gasteiger partial charge in [-0.1, -0.05) is 6.07 Å². The van der Waals surface area contributed by atoms with Crippen LogP contribution in [0, 0.1) is 11.6 Å². The average molecular weight is 257 g/mol. The molecule has 1 aromatic rings. The third-order valence-electron chi connectivity index (χ3n) is 2.29. The van der Waals surface area contributed by atoms with E-state index in [0.717, 1.165) is 12.1 Å². The highest BCUT2D eigenvalue weighted by Crippen LogP contribution is 2.08. The van der Waals surface area contributed by atoms with Crippen molar-refractivity contribution in [1.82, 2.24) is 5.32 Å². The Morgan fingerprint density at radius 1 is 1.17 bits per heavy atom. The monoisotopic (exact) mass is 257 g/mol. The molecule has 0 heterocycles. The van der Waals surface area contributed by atoms with Crippen LogP contribution in [-0.4, -0.2) is 23.5 Å². The Labute approximate surface area is 103 Å². The number of carboxylic acids is 1. The van der Waals surface area contributed by atoms with Gasteiger partial charge in [0.1, 0.15) is 0 Å². The summed E-state index contributed by atoms with van der Waals surface area (Å²) in [6, 6.07) is 3.53. The van der Waals surface area contributed by atoms with Crippen molar-refractivity contribution in [3.05, 3.63) is 35.4 Å². The number of hydrogen-bond donors (Lipinski definition) is 2. The van der Waals surface area contributed by atoms with Gasteiger partial charge in [0.25, 0.3) is 0 Å². The molecule has 0 aromatic heterocycles. The Balaban J connectivity index is 2.30. The highest BCUT2D eigenvalue weighted by Gasteiger charge is 2.05. The quantitative estimate of drug-likeness (QED) is 0.811. The van der Waals surface area contributed by atoms with Gasteiger partial charge in [-0.25, -0.2) is 8.78 Å². The van der Waals surface area contributed by atoms with E-state index >= 15 is 0 Å². The number of carboxylic acid groups (broad SMARTS) is 1. The SMILES string of the molecule is O=C(O)CCC(=O)NCCc1ccc(F)c(F)c1. The van der Waals surface area contributed by atoms with E-state index in [0.29, 0.717) is 12.0 Å². The highest BCUT2D eigenvalue weighted by atomic mass is 19.2. The number of carbonyl (C=O) groups is 2. The molecule has 0 fully saturated rings. The van der Waals surface area contributed by atoms with Crippen molar-refractivity contribution in [2.75, 3.05) is 6.54 Å². The summed E-state index contributed by atoms with van der Waals surface area (Å²) in [4.78, 5) is 21.4. The molecule has 0 aliphatic carbocycles. The summed E-state index contributed by atoms with van der Waals surface area (Å²) in [6.07, 6.45) is 0.0418. The Hall–Kier alpha value is -1.98. The van der Waals surface area contributed by atoms with Crippen LogP contribution in [0.3, 0.4) is 0 Å². The molecule has 1 amide bonds. The molecule has 0 atom stereocenters.